The molecule has 0 fully saturated rings. The summed E-state index contributed by atoms with van der Waals surface area (Å²) in [6.07, 6.45) is 5.52. The van der Waals surface area contributed by atoms with E-state index in [0.717, 1.165) is 29.4 Å². The molecule has 44 heavy (non-hydrogen) atoms. The van der Waals surface area contributed by atoms with Gasteiger partial charge in [-0.05, 0) is 59.0 Å². The highest BCUT2D eigenvalue weighted by Crippen LogP contribution is 2.30. The topological polar surface area (TPSA) is 128 Å². The summed E-state index contributed by atoms with van der Waals surface area (Å²) in [5, 5.41) is 1.57. The van der Waals surface area contributed by atoms with Crippen molar-refractivity contribution < 1.29 is 26.4 Å². The van der Waals surface area contributed by atoms with Crippen LogP contribution in [0.4, 0.5) is 0 Å². The van der Waals surface area contributed by atoms with Gasteiger partial charge in [0.2, 0.25) is 11.6 Å². The van der Waals surface area contributed by atoms with Crippen molar-refractivity contribution in [2.75, 3.05) is 0 Å². The van der Waals surface area contributed by atoms with Gasteiger partial charge in [-0.3, -0.25) is 9.59 Å². The Hall–Kier alpha value is -4.80. The Morgan fingerprint density at radius 3 is 1.80 bits per heavy atom. The first-order valence-corrected chi connectivity index (χ1v) is 17.2. The molecule has 0 unspecified atom stereocenters. The van der Waals surface area contributed by atoms with Crippen LogP contribution in [-0.4, -0.2) is 38.4 Å². The minimum atomic E-state index is -4.08. The Balaban J connectivity index is 1.35. The fourth-order valence-corrected chi connectivity index (χ4v) is 8.35. The van der Waals surface area contributed by atoms with Crippen LogP contribution in [-0.2, 0) is 37.6 Å². The standard InChI is InChI=1S/C34H24N2O6S2/c37-33-27-11-5-6-12-28(27)34(38)32-31(33)35-29(19-43(39,40)25-15-13-21-7-1-3-9-23(21)17-25)30(36-32)20-44(41,42)26-16-14-22-8-2-4-10-24(22)18-26/h1,3-7,9-18H,2,8,19-20H2. The van der Waals surface area contributed by atoms with Crippen LogP contribution in [0.1, 0.15) is 61.0 Å². The van der Waals surface area contributed by atoms with E-state index < -0.39 is 42.7 Å². The number of carbonyl (C=O) groups is 2. The molecule has 7 rings (SSSR count). The Morgan fingerprint density at radius 1 is 0.614 bits per heavy atom. The summed E-state index contributed by atoms with van der Waals surface area (Å²) >= 11 is 0. The molecule has 0 aliphatic heterocycles. The van der Waals surface area contributed by atoms with E-state index in [9.17, 15) is 26.4 Å². The predicted molar refractivity (Wildman–Crippen MR) is 165 cm³/mol. The van der Waals surface area contributed by atoms with Crippen molar-refractivity contribution in [2.24, 2.45) is 0 Å². The van der Waals surface area contributed by atoms with E-state index in [1.54, 1.807) is 48.5 Å². The number of allylic oxidation sites excluding steroid dienone is 1. The zero-order valence-electron chi connectivity index (χ0n) is 23.2. The maximum atomic E-state index is 13.7. The minimum Gasteiger partial charge on any atom is -0.287 e. The molecule has 1 heterocycles. The second-order valence-corrected chi connectivity index (χ2v) is 14.8. The highest BCUT2D eigenvalue weighted by Gasteiger charge is 2.35. The zero-order valence-corrected chi connectivity index (χ0v) is 24.9. The first-order valence-electron chi connectivity index (χ1n) is 13.9. The lowest BCUT2D eigenvalue weighted by atomic mass is 9.89. The van der Waals surface area contributed by atoms with Crippen molar-refractivity contribution in [3.63, 3.8) is 0 Å². The van der Waals surface area contributed by atoms with Crippen LogP contribution < -0.4 is 0 Å². The highest BCUT2D eigenvalue weighted by atomic mass is 32.2. The first kappa shape index (κ1) is 28.0. The van der Waals surface area contributed by atoms with E-state index in [4.69, 9.17) is 0 Å². The SMILES string of the molecule is O=C1c2ccccc2C(=O)c2nc(CS(=O)(=O)c3ccc4ccccc4c3)c(CS(=O)(=O)c3ccc4c(c3)C=CCC4)nc21. The molecule has 0 spiro atoms. The summed E-state index contributed by atoms with van der Waals surface area (Å²) in [6.45, 7) is 0. The van der Waals surface area contributed by atoms with Gasteiger partial charge < -0.3 is 0 Å². The molecule has 1 aromatic heterocycles. The van der Waals surface area contributed by atoms with Crippen LogP contribution >= 0.6 is 0 Å². The van der Waals surface area contributed by atoms with Crippen molar-refractivity contribution >= 4 is 48.1 Å². The van der Waals surface area contributed by atoms with Gasteiger partial charge in [0.05, 0.1) is 32.7 Å². The number of carbonyl (C=O) groups excluding carboxylic acids is 2. The van der Waals surface area contributed by atoms with E-state index in [1.807, 2.05) is 24.3 Å². The summed E-state index contributed by atoms with van der Waals surface area (Å²) in [6, 6.07) is 23.1. The Morgan fingerprint density at radius 2 is 1.16 bits per heavy atom. The lowest BCUT2D eigenvalue weighted by Crippen LogP contribution is -2.27. The third kappa shape index (κ3) is 4.86. The number of rotatable bonds is 6. The van der Waals surface area contributed by atoms with Gasteiger partial charge >= 0.3 is 0 Å². The molecule has 0 bridgehead atoms. The monoisotopic (exact) mass is 620 g/mol. The molecule has 8 nitrogen and oxygen atoms in total. The average molecular weight is 621 g/mol. The molecule has 2 aliphatic rings. The van der Waals surface area contributed by atoms with Crippen LogP contribution in [0.25, 0.3) is 16.8 Å². The summed E-state index contributed by atoms with van der Waals surface area (Å²) in [5.41, 5.74) is 1.11. The van der Waals surface area contributed by atoms with Crippen LogP contribution in [0.2, 0.25) is 0 Å². The molecule has 0 saturated carbocycles. The molecule has 5 aromatic rings. The van der Waals surface area contributed by atoms with E-state index in [2.05, 4.69) is 9.97 Å². The quantitative estimate of drug-likeness (QED) is 0.245. The van der Waals surface area contributed by atoms with Crippen molar-refractivity contribution in [3.8, 4) is 0 Å². The number of hydrogen-bond acceptors (Lipinski definition) is 8. The van der Waals surface area contributed by atoms with E-state index in [0.29, 0.717) is 5.39 Å². The largest absolute Gasteiger partial charge is 0.287 e. The van der Waals surface area contributed by atoms with Gasteiger partial charge in [0.25, 0.3) is 0 Å². The van der Waals surface area contributed by atoms with E-state index in [1.165, 1.54) is 24.3 Å². The summed E-state index contributed by atoms with van der Waals surface area (Å²) in [7, 11) is -8.14. The molecular weight excluding hydrogens is 597 g/mol. The summed E-state index contributed by atoms with van der Waals surface area (Å²) in [4.78, 5) is 35.6. The first-order chi connectivity index (χ1) is 21.1. The van der Waals surface area contributed by atoms with Gasteiger partial charge in [0.1, 0.15) is 11.4 Å². The van der Waals surface area contributed by atoms with E-state index in [-0.39, 0.29) is 43.7 Å². The van der Waals surface area contributed by atoms with Crippen LogP contribution in [0.15, 0.2) is 101 Å². The molecule has 0 saturated heterocycles. The third-order valence-corrected chi connectivity index (χ3v) is 11.2. The van der Waals surface area contributed by atoms with Gasteiger partial charge in [0, 0.05) is 11.1 Å². The van der Waals surface area contributed by atoms with Crippen LogP contribution in [0.3, 0.4) is 0 Å². The number of sulfone groups is 2. The zero-order chi connectivity index (χ0) is 30.6. The number of fused-ring (bicyclic) bond motifs is 4. The average Bonchev–Trinajstić information content (AvgIpc) is 3.03. The molecule has 0 amide bonds. The predicted octanol–water partition coefficient (Wildman–Crippen LogP) is 5.31. The second-order valence-electron chi connectivity index (χ2n) is 10.8. The molecule has 4 aromatic carbocycles. The third-order valence-electron chi connectivity index (χ3n) is 7.99. The Kier molecular flexibility index (Phi) is 6.64. The number of benzene rings is 4. The minimum absolute atomic E-state index is 0.0127. The Bertz CT molecular complexity index is 2310. The smallest absolute Gasteiger partial charge is 0.214 e. The molecule has 2 aliphatic carbocycles. The molecule has 0 N–H and O–H groups in total. The summed E-state index contributed by atoms with van der Waals surface area (Å²) in [5.74, 6) is -2.58. The fraction of sp³-hybridized carbons (Fsp3) is 0.118. The maximum Gasteiger partial charge on any atom is 0.214 e. The number of aromatic nitrogens is 2. The lowest BCUT2D eigenvalue weighted by molar-refractivity contribution is 0.0971. The van der Waals surface area contributed by atoms with Crippen molar-refractivity contribution in [1.82, 2.24) is 9.97 Å². The number of nitrogens with zero attached hydrogens (tertiary/aromatic N) is 2. The Labute approximate surface area is 254 Å². The number of ketones is 2. The molecule has 218 valence electrons. The highest BCUT2D eigenvalue weighted by molar-refractivity contribution is 7.91. The lowest BCUT2D eigenvalue weighted by Gasteiger charge is -2.19. The fourth-order valence-electron chi connectivity index (χ4n) is 5.67. The molecule has 10 heteroatoms. The van der Waals surface area contributed by atoms with Crippen molar-refractivity contribution in [1.29, 1.82) is 0 Å². The maximum absolute atomic E-state index is 13.7. The van der Waals surface area contributed by atoms with Gasteiger partial charge in [-0.2, -0.15) is 0 Å². The van der Waals surface area contributed by atoms with Gasteiger partial charge in [0.15, 0.2) is 19.7 Å². The van der Waals surface area contributed by atoms with Crippen LogP contribution in [0.5, 0.6) is 0 Å². The van der Waals surface area contributed by atoms with Gasteiger partial charge in [-0.15, -0.1) is 0 Å². The second kappa shape index (κ2) is 10.4. The van der Waals surface area contributed by atoms with Crippen molar-refractivity contribution in [2.45, 2.75) is 34.1 Å². The van der Waals surface area contributed by atoms with Gasteiger partial charge in [-0.25, -0.2) is 26.8 Å². The molecule has 0 radical (unpaired) electrons. The number of aryl methyl sites for hydroxylation is 1. The summed E-state index contributed by atoms with van der Waals surface area (Å²) < 4.78 is 54.9. The normalized spacial score (nSPS) is 14.3. The van der Waals surface area contributed by atoms with Crippen molar-refractivity contribution in [3.05, 3.63) is 136 Å². The molecular formula is C34H24N2O6S2. The van der Waals surface area contributed by atoms with Crippen LogP contribution in [0, 0.1) is 0 Å². The van der Waals surface area contributed by atoms with E-state index >= 15 is 0 Å². The number of hydrogen-bond donors (Lipinski definition) is 0. The van der Waals surface area contributed by atoms with Gasteiger partial charge in [-0.1, -0.05) is 72.8 Å². The molecule has 0 atom stereocenters.